The van der Waals surface area contributed by atoms with Crippen LogP contribution >= 0.6 is 11.8 Å². The fraction of sp³-hybridized carbons (Fsp3) is 0.158. The lowest BCUT2D eigenvalue weighted by Crippen LogP contribution is -2.14. The highest BCUT2D eigenvalue weighted by molar-refractivity contribution is 8.14. The Bertz CT molecular complexity index is 915. The summed E-state index contributed by atoms with van der Waals surface area (Å²) < 4.78 is 27.2. The molecular weight excluding hydrogens is 342 g/mol. The predicted molar refractivity (Wildman–Crippen MR) is 97.0 cm³/mol. The Kier molecular flexibility index (Phi) is 5.15. The van der Waals surface area contributed by atoms with Gasteiger partial charge in [-0.3, -0.25) is 9.79 Å². The van der Waals surface area contributed by atoms with E-state index in [-0.39, 0.29) is 17.3 Å². The summed E-state index contributed by atoms with van der Waals surface area (Å²) in [6.45, 7) is 1.93. The second kappa shape index (κ2) is 7.49. The molecule has 1 N–H and O–H groups in total. The van der Waals surface area contributed by atoms with Gasteiger partial charge in [-0.05, 0) is 43.3 Å². The first-order valence-corrected chi connectivity index (χ1v) is 8.55. The van der Waals surface area contributed by atoms with E-state index in [2.05, 4.69) is 22.2 Å². The molecule has 0 radical (unpaired) electrons. The van der Waals surface area contributed by atoms with Gasteiger partial charge in [-0.2, -0.15) is 0 Å². The van der Waals surface area contributed by atoms with Crippen LogP contribution < -0.4 is 5.32 Å². The molecule has 25 heavy (non-hydrogen) atoms. The Balaban J connectivity index is 1.79. The van der Waals surface area contributed by atoms with E-state index >= 15 is 0 Å². The number of thioether (sulfide) groups is 1. The number of hydrogen-bond acceptors (Lipinski definition) is 3. The SMILES string of the molecule is CC1=NC(C#Cc2ccc(F)c(C(=O)Nc3cccc(F)c3)c2)CS1. The van der Waals surface area contributed by atoms with Crippen LogP contribution in [0, 0.1) is 23.5 Å². The van der Waals surface area contributed by atoms with Gasteiger partial charge in [0.25, 0.3) is 5.91 Å². The molecule has 1 aliphatic rings. The number of benzene rings is 2. The van der Waals surface area contributed by atoms with Crippen molar-refractivity contribution >= 4 is 28.4 Å². The summed E-state index contributed by atoms with van der Waals surface area (Å²) in [5.74, 6) is 4.93. The monoisotopic (exact) mass is 356 g/mol. The average molecular weight is 356 g/mol. The molecule has 3 rings (SSSR count). The zero-order valence-electron chi connectivity index (χ0n) is 13.3. The summed E-state index contributed by atoms with van der Waals surface area (Å²) >= 11 is 1.65. The van der Waals surface area contributed by atoms with E-state index in [9.17, 15) is 13.6 Å². The van der Waals surface area contributed by atoms with E-state index in [1.807, 2.05) is 6.92 Å². The van der Waals surface area contributed by atoms with Crippen LogP contribution in [0.1, 0.15) is 22.8 Å². The van der Waals surface area contributed by atoms with E-state index < -0.39 is 17.5 Å². The molecule has 0 fully saturated rings. The van der Waals surface area contributed by atoms with Crippen LogP contribution in [0.15, 0.2) is 47.5 Å². The molecule has 2 aromatic carbocycles. The van der Waals surface area contributed by atoms with Gasteiger partial charge in [0.15, 0.2) is 0 Å². The topological polar surface area (TPSA) is 41.5 Å². The Morgan fingerprint density at radius 1 is 1.28 bits per heavy atom. The number of halogens is 2. The number of anilines is 1. The highest BCUT2D eigenvalue weighted by Crippen LogP contribution is 2.18. The number of carbonyl (C=O) groups excluding carboxylic acids is 1. The summed E-state index contributed by atoms with van der Waals surface area (Å²) in [5.41, 5.74) is 0.640. The molecule has 0 bridgehead atoms. The van der Waals surface area contributed by atoms with Gasteiger partial charge >= 0.3 is 0 Å². The molecule has 2 aromatic rings. The van der Waals surface area contributed by atoms with E-state index in [4.69, 9.17) is 0 Å². The van der Waals surface area contributed by atoms with Crippen LogP contribution in [0.5, 0.6) is 0 Å². The van der Waals surface area contributed by atoms with Crippen molar-refractivity contribution in [2.45, 2.75) is 13.0 Å². The van der Waals surface area contributed by atoms with Gasteiger partial charge in [-0.25, -0.2) is 8.78 Å². The van der Waals surface area contributed by atoms with Crippen LogP contribution in [0.3, 0.4) is 0 Å². The van der Waals surface area contributed by atoms with Gasteiger partial charge in [0.2, 0.25) is 0 Å². The fourth-order valence-electron chi connectivity index (χ4n) is 2.28. The van der Waals surface area contributed by atoms with Crippen molar-refractivity contribution in [2.24, 2.45) is 4.99 Å². The molecular formula is C19H14F2N2OS. The van der Waals surface area contributed by atoms with E-state index in [1.165, 1.54) is 36.4 Å². The van der Waals surface area contributed by atoms with Gasteiger partial charge in [-0.15, -0.1) is 11.8 Å². The van der Waals surface area contributed by atoms with Crippen molar-refractivity contribution < 1.29 is 13.6 Å². The molecule has 1 unspecified atom stereocenters. The highest BCUT2D eigenvalue weighted by atomic mass is 32.2. The molecule has 1 atom stereocenters. The minimum atomic E-state index is -0.662. The number of nitrogens with zero attached hydrogens (tertiary/aromatic N) is 1. The third-order valence-electron chi connectivity index (χ3n) is 3.46. The Morgan fingerprint density at radius 2 is 2.12 bits per heavy atom. The summed E-state index contributed by atoms with van der Waals surface area (Å²) in [5, 5.41) is 3.47. The van der Waals surface area contributed by atoms with Crippen LogP contribution in [-0.2, 0) is 0 Å². The molecule has 0 aromatic heterocycles. The summed E-state index contributed by atoms with van der Waals surface area (Å²) in [6.07, 6.45) is 0. The third-order valence-corrected chi connectivity index (χ3v) is 4.47. The average Bonchev–Trinajstić information content (AvgIpc) is 2.99. The standard InChI is InChI=1S/C19H14F2N2OS/c1-12-22-16(11-25-12)7-5-13-6-8-18(21)17(9-13)19(24)23-15-4-2-3-14(20)10-15/h2-4,6,8-10,16H,11H2,1H3,(H,23,24). The van der Waals surface area contributed by atoms with Crippen molar-refractivity contribution in [3.63, 3.8) is 0 Å². The van der Waals surface area contributed by atoms with Crippen LogP contribution in [-0.4, -0.2) is 22.7 Å². The lowest BCUT2D eigenvalue weighted by atomic mass is 10.1. The Morgan fingerprint density at radius 3 is 2.84 bits per heavy atom. The molecule has 1 aliphatic heterocycles. The van der Waals surface area contributed by atoms with Crippen molar-refractivity contribution in [3.05, 3.63) is 65.2 Å². The maximum atomic E-state index is 14.0. The number of nitrogens with one attached hydrogen (secondary N) is 1. The van der Waals surface area contributed by atoms with Gasteiger partial charge in [0.05, 0.1) is 10.6 Å². The molecule has 126 valence electrons. The molecule has 0 spiro atoms. The van der Waals surface area contributed by atoms with Crippen LogP contribution in [0.4, 0.5) is 14.5 Å². The van der Waals surface area contributed by atoms with Crippen molar-refractivity contribution in [2.75, 3.05) is 11.1 Å². The smallest absolute Gasteiger partial charge is 0.258 e. The van der Waals surface area contributed by atoms with Crippen LogP contribution in [0.2, 0.25) is 0 Å². The van der Waals surface area contributed by atoms with Crippen molar-refractivity contribution in [1.82, 2.24) is 0 Å². The maximum Gasteiger partial charge on any atom is 0.258 e. The second-order valence-corrected chi connectivity index (χ2v) is 6.62. The molecule has 1 amide bonds. The number of hydrogen-bond donors (Lipinski definition) is 1. The zero-order valence-corrected chi connectivity index (χ0v) is 14.2. The fourth-order valence-corrected chi connectivity index (χ4v) is 3.03. The molecule has 1 heterocycles. The van der Waals surface area contributed by atoms with Gasteiger partial charge in [-0.1, -0.05) is 17.9 Å². The van der Waals surface area contributed by atoms with Crippen LogP contribution in [0.25, 0.3) is 0 Å². The van der Waals surface area contributed by atoms with Crippen molar-refractivity contribution in [1.29, 1.82) is 0 Å². The minimum Gasteiger partial charge on any atom is -0.322 e. The molecule has 6 heteroatoms. The van der Waals surface area contributed by atoms with Gasteiger partial charge in [0, 0.05) is 17.0 Å². The lowest BCUT2D eigenvalue weighted by molar-refractivity contribution is 0.102. The second-order valence-electron chi connectivity index (χ2n) is 5.40. The first-order chi connectivity index (χ1) is 12.0. The summed E-state index contributed by atoms with van der Waals surface area (Å²) in [4.78, 5) is 16.6. The summed E-state index contributed by atoms with van der Waals surface area (Å²) in [7, 11) is 0. The van der Waals surface area contributed by atoms with Gasteiger partial charge in [0.1, 0.15) is 17.7 Å². The predicted octanol–water partition coefficient (Wildman–Crippen LogP) is 4.10. The first kappa shape index (κ1) is 17.2. The number of amides is 1. The number of aliphatic imine (C=N–C) groups is 1. The summed E-state index contributed by atoms with van der Waals surface area (Å²) in [6, 6.07) is 9.43. The minimum absolute atomic E-state index is 0.0837. The lowest BCUT2D eigenvalue weighted by Gasteiger charge is -2.07. The first-order valence-electron chi connectivity index (χ1n) is 7.56. The van der Waals surface area contributed by atoms with E-state index in [0.717, 1.165) is 16.9 Å². The molecule has 0 aliphatic carbocycles. The number of carbonyl (C=O) groups is 1. The highest BCUT2D eigenvalue weighted by Gasteiger charge is 2.14. The molecule has 3 nitrogen and oxygen atoms in total. The third kappa shape index (κ3) is 4.46. The van der Waals surface area contributed by atoms with Crippen molar-refractivity contribution in [3.8, 4) is 11.8 Å². The Hall–Kier alpha value is -2.65. The zero-order chi connectivity index (χ0) is 17.8. The molecule has 0 saturated heterocycles. The maximum absolute atomic E-state index is 14.0. The normalized spacial score (nSPS) is 16.0. The molecule has 0 saturated carbocycles. The van der Waals surface area contributed by atoms with E-state index in [0.29, 0.717) is 5.56 Å². The van der Waals surface area contributed by atoms with Gasteiger partial charge < -0.3 is 5.32 Å². The van der Waals surface area contributed by atoms with E-state index in [1.54, 1.807) is 11.8 Å². The Labute approximate surface area is 148 Å². The number of rotatable bonds is 2. The largest absolute Gasteiger partial charge is 0.322 e. The quantitative estimate of drug-likeness (QED) is 0.823.